The molecule has 0 bridgehead atoms. The van der Waals surface area contributed by atoms with E-state index in [-0.39, 0.29) is 0 Å². The average Bonchev–Trinajstić information content (AvgIpc) is 2.83. The van der Waals surface area contributed by atoms with Crippen molar-refractivity contribution in [3.05, 3.63) is 30.6 Å². The van der Waals surface area contributed by atoms with Gasteiger partial charge in [-0.1, -0.05) is 142 Å². The molecule has 0 aliphatic rings. The lowest BCUT2D eigenvalue weighted by Gasteiger charge is -2.12. The number of rotatable bonds is 24. The molecule has 0 aromatic carbocycles. The van der Waals surface area contributed by atoms with Crippen molar-refractivity contribution < 1.29 is 4.57 Å². The first kappa shape index (κ1) is 29.2. The third-order valence-corrected chi connectivity index (χ3v) is 7.19. The van der Waals surface area contributed by atoms with Gasteiger partial charge in [0.05, 0.1) is 0 Å². The molecule has 1 heterocycles. The van der Waals surface area contributed by atoms with Gasteiger partial charge in [-0.15, -0.1) is 0 Å². The lowest BCUT2D eigenvalue weighted by molar-refractivity contribution is -0.724. The first-order valence-electron chi connectivity index (χ1n) is 14.8. The van der Waals surface area contributed by atoms with Crippen molar-refractivity contribution in [2.45, 2.75) is 168 Å². The van der Waals surface area contributed by atoms with E-state index in [2.05, 4.69) is 49.0 Å². The van der Waals surface area contributed by atoms with E-state index in [0.29, 0.717) is 6.04 Å². The van der Waals surface area contributed by atoms with Crippen LogP contribution in [0.4, 0.5) is 0 Å². The monoisotopic (exact) mass is 444 g/mol. The minimum absolute atomic E-state index is 0.712. The van der Waals surface area contributed by atoms with Crippen LogP contribution >= 0.6 is 0 Å². The maximum Gasteiger partial charge on any atom is 0.169 e. The van der Waals surface area contributed by atoms with Crippen LogP contribution in [0.5, 0.6) is 0 Å². The van der Waals surface area contributed by atoms with E-state index in [1.54, 1.807) is 0 Å². The molecule has 0 N–H and O–H groups in total. The molecule has 0 unspecified atom stereocenters. The molecule has 1 heteroatoms. The molecule has 0 radical (unpaired) electrons. The molecule has 0 spiro atoms. The smallest absolute Gasteiger partial charge is 0.169 e. The molecule has 0 aliphatic heterocycles. The average molecular weight is 445 g/mol. The Balaban J connectivity index is 1.96. The van der Waals surface area contributed by atoms with Gasteiger partial charge in [0.2, 0.25) is 0 Å². The van der Waals surface area contributed by atoms with Gasteiger partial charge in [-0.25, -0.2) is 4.57 Å². The van der Waals surface area contributed by atoms with Crippen LogP contribution in [0.2, 0.25) is 0 Å². The van der Waals surface area contributed by atoms with Crippen molar-refractivity contribution in [2.75, 3.05) is 0 Å². The Morgan fingerprint density at radius 2 is 0.719 bits per heavy atom. The fraction of sp³-hybridized carbons (Fsp3) is 0.839. The highest BCUT2D eigenvalue weighted by atomic mass is 15.0. The zero-order valence-electron chi connectivity index (χ0n) is 22.2. The normalized spacial score (nSPS) is 12.3. The topological polar surface area (TPSA) is 3.88 Å². The lowest BCUT2D eigenvalue weighted by Crippen LogP contribution is -2.38. The van der Waals surface area contributed by atoms with Gasteiger partial charge < -0.3 is 0 Å². The molecular weight excluding hydrogens is 386 g/mol. The van der Waals surface area contributed by atoms with Gasteiger partial charge in [-0.05, 0) is 12.8 Å². The SMILES string of the molecule is CCCCCCCCCCCCCCCCCC[C@H](CCCCCCC)[n+]1ccccc1. The molecule has 0 amide bonds. The van der Waals surface area contributed by atoms with Crippen molar-refractivity contribution in [2.24, 2.45) is 0 Å². The molecule has 186 valence electrons. The van der Waals surface area contributed by atoms with Crippen molar-refractivity contribution in [1.29, 1.82) is 0 Å². The molecule has 1 nitrogen and oxygen atoms in total. The maximum atomic E-state index is 2.48. The number of hydrogen-bond acceptors (Lipinski definition) is 0. The van der Waals surface area contributed by atoms with Crippen molar-refractivity contribution in [3.63, 3.8) is 0 Å². The highest BCUT2D eigenvalue weighted by molar-refractivity contribution is 4.84. The van der Waals surface area contributed by atoms with Crippen LogP contribution in [0.15, 0.2) is 30.6 Å². The van der Waals surface area contributed by atoms with E-state index in [9.17, 15) is 0 Å². The summed E-state index contributed by atoms with van der Waals surface area (Å²) in [6.45, 7) is 4.61. The van der Waals surface area contributed by atoms with Crippen molar-refractivity contribution in [3.8, 4) is 0 Å². The lowest BCUT2D eigenvalue weighted by atomic mass is 9.99. The Hall–Kier alpha value is -0.850. The van der Waals surface area contributed by atoms with E-state index in [4.69, 9.17) is 0 Å². The molecule has 1 aromatic heterocycles. The van der Waals surface area contributed by atoms with Gasteiger partial charge in [0.15, 0.2) is 18.4 Å². The molecule has 1 atom stereocenters. The van der Waals surface area contributed by atoms with Crippen LogP contribution in [0.25, 0.3) is 0 Å². The Bertz CT molecular complexity index is 469. The first-order chi connectivity index (χ1) is 15.9. The summed E-state index contributed by atoms with van der Waals surface area (Å²) in [5, 5.41) is 0. The zero-order chi connectivity index (χ0) is 23.0. The molecule has 0 fully saturated rings. The molecular formula is C31H58N+. The van der Waals surface area contributed by atoms with E-state index in [1.165, 1.54) is 148 Å². The Labute approximate surface area is 202 Å². The number of pyridine rings is 1. The van der Waals surface area contributed by atoms with Crippen molar-refractivity contribution in [1.82, 2.24) is 0 Å². The number of nitrogens with zero attached hydrogens (tertiary/aromatic N) is 1. The minimum Gasteiger partial charge on any atom is -0.202 e. The van der Waals surface area contributed by atoms with Crippen LogP contribution < -0.4 is 4.57 Å². The van der Waals surface area contributed by atoms with Gasteiger partial charge in [0, 0.05) is 25.0 Å². The van der Waals surface area contributed by atoms with Gasteiger partial charge >= 0.3 is 0 Å². The Morgan fingerprint density at radius 1 is 0.406 bits per heavy atom. The summed E-state index contributed by atoms with van der Waals surface area (Å²) < 4.78 is 2.48. The Kier molecular flexibility index (Phi) is 21.3. The maximum absolute atomic E-state index is 2.48. The summed E-state index contributed by atoms with van der Waals surface area (Å²) in [5.74, 6) is 0. The standard InChI is InChI=1S/C31H58N/c1-3-5-7-9-10-11-12-13-14-15-16-17-18-19-21-24-28-31(27-23-20-8-6-4-2)32-29-25-22-26-30-32/h22,25-26,29-31H,3-21,23-24,27-28H2,1-2H3/q+1/t31-/m0/s1. The van der Waals surface area contributed by atoms with E-state index >= 15 is 0 Å². The zero-order valence-corrected chi connectivity index (χ0v) is 22.2. The predicted molar refractivity (Wildman–Crippen MR) is 143 cm³/mol. The fourth-order valence-corrected chi connectivity index (χ4v) is 5.01. The van der Waals surface area contributed by atoms with Crippen LogP contribution in [-0.2, 0) is 0 Å². The molecule has 1 rings (SSSR count). The largest absolute Gasteiger partial charge is 0.202 e. The molecule has 1 aromatic rings. The van der Waals surface area contributed by atoms with Crippen LogP contribution in [0.1, 0.15) is 168 Å². The van der Waals surface area contributed by atoms with Crippen LogP contribution in [-0.4, -0.2) is 0 Å². The predicted octanol–water partition coefficient (Wildman–Crippen LogP) is 10.5. The number of aromatic nitrogens is 1. The van der Waals surface area contributed by atoms with Gasteiger partial charge in [-0.2, -0.15) is 0 Å². The second kappa shape index (κ2) is 23.3. The molecule has 0 saturated carbocycles. The fourth-order valence-electron chi connectivity index (χ4n) is 5.01. The summed E-state index contributed by atoms with van der Waals surface area (Å²) in [4.78, 5) is 0. The van der Waals surface area contributed by atoms with E-state index in [1.807, 2.05) is 0 Å². The molecule has 0 aliphatic carbocycles. The third kappa shape index (κ3) is 17.7. The summed E-state index contributed by atoms with van der Waals surface area (Å²) in [6, 6.07) is 7.24. The number of unbranched alkanes of at least 4 members (excludes halogenated alkanes) is 19. The summed E-state index contributed by atoms with van der Waals surface area (Å²) in [7, 11) is 0. The summed E-state index contributed by atoms with van der Waals surface area (Å²) in [6.07, 6.45) is 37.5. The quantitative estimate of drug-likeness (QED) is 0.110. The van der Waals surface area contributed by atoms with E-state index in [0.717, 1.165) is 0 Å². The highest BCUT2D eigenvalue weighted by Crippen LogP contribution is 2.19. The van der Waals surface area contributed by atoms with Crippen LogP contribution in [0, 0.1) is 0 Å². The Morgan fingerprint density at radius 3 is 1.06 bits per heavy atom. The summed E-state index contributed by atoms with van der Waals surface area (Å²) in [5.41, 5.74) is 0. The van der Waals surface area contributed by atoms with E-state index < -0.39 is 0 Å². The van der Waals surface area contributed by atoms with Gasteiger partial charge in [-0.3, -0.25) is 0 Å². The molecule has 0 saturated heterocycles. The van der Waals surface area contributed by atoms with Crippen molar-refractivity contribution >= 4 is 0 Å². The van der Waals surface area contributed by atoms with Crippen LogP contribution in [0.3, 0.4) is 0 Å². The highest BCUT2D eigenvalue weighted by Gasteiger charge is 2.16. The summed E-state index contributed by atoms with van der Waals surface area (Å²) >= 11 is 0. The second-order valence-corrected chi connectivity index (χ2v) is 10.3. The van der Waals surface area contributed by atoms with Gasteiger partial charge in [0.1, 0.15) is 0 Å². The second-order valence-electron chi connectivity index (χ2n) is 10.3. The number of hydrogen-bond donors (Lipinski definition) is 0. The minimum atomic E-state index is 0.712. The first-order valence-corrected chi connectivity index (χ1v) is 14.8. The molecule has 32 heavy (non-hydrogen) atoms. The third-order valence-electron chi connectivity index (χ3n) is 7.19. The van der Waals surface area contributed by atoms with Gasteiger partial charge in [0.25, 0.3) is 0 Å².